The maximum Gasteiger partial charge on any atom is 0.255 e. The minimum atomic E-state index is -3.53. The van der Waals surface area contributed by atoms with Crippen LogP contribution in [0.2, 0.25) is 0 Å². The van der Waals surface area contributed by atoms with Crippen molar-refractivity contribution in [2.75, 3.05) is 18.7 Å². The maximum absolute atomic E-state index is 12.3. The number of benzene rings is 2. The molecule has 8 heteroatoms. The van der Waals surface area contributed by atoms with E-state index in [2.05, 4.69) is 10.0 Å². The van der Waals surface area contributed by atoms with E-state index in [-0.39, 0.29) is 17.6 Å². The second kappa shape index (κ2) is 6.50. The average Bonchev–Trinajstić information content (AvgIpc) is 3.02. The Bertz CT molecular complexity index is 863. The zero-order valence-corrected chi connectivity index (χ0v) is 13.7. The summed E-state index contributed by atoms with van der Waals surface area (Å²) in [6, 6.07) is 10.8. The van der Waals surface area contributed by atoms with E-state index >= 15 is 0 Å². The zero-order valence-electron chi connectivity index (χ0n) is 12.9. The summed E-state index contributed by atoms with van der Waals surface area (Å²) in [5, 5.41) is 2.73. The summed E-state index contributed by atoms with van der Waals surface area (Å²) in [4.78, 5) is 12.4. The molecule has 24 heavy (non-hydrogen) atoms. The summed E-state index contributed by atoms with van der Waals surface area (Å²) in [6.45, 7) is 2.16. The fraction of sp³-hybridized carbons (Fsp3) is 0.188. The number of rotatable bonds is 5. The topological polar surface area (TPSA) is 93.7 Å². The Morgan fingerprint density at radius 1 is 1.08 bits per heavy atom. The summed E-state index contributed by atoms with van der Waals surface area (Å²) in [5.74, 6) is 0.854. The van der Waals surface area contributed by atoms with Gasteiger partial charge in [0.15, 0.2) is 11.5 Å². The minimum Gasteiger partial charge on any atom is -0.454 e. The Kier molecular flexibility index (Phi) is 4.41. The van der Waals surface area contributed by atoms with E-state index in [0.717, 1.165) is 0 Å². The monoisotopic (exact) mass is 348 g/mol. The van der Waals surface area contributed by atoms with Gasteiger partial charge in [0.1, 0.15) is 0 Å². The molecule has 0 bridgehead atoms. The Morgan fingerprint density at radius 3 is 2.50 bits per heavy atom. The van der Waals surface area contributed by atoms with Crippen LogP contribution in [-0.2, 0) is 10.0 Å². The molecule has 2 N–H and O–H groups in total. The molecule has 0 atom stereocenters. The number of sulfonamides is 1. The maximum atomic E-state index is 12.3. The van der Waals surface area contributed by atoms with Crippen molar-refractivity contribution in [3.8, 4) is 11.5 Å². The summed E-state index contributed by atoms with van der Waals surface area (Å²) >= 11 is 0. The van der Waals surface area contributed by atoms with Crippen LogP contribution in [0.25, 0.3) is 0 Å². The highest BCUT2D eigenvalue weighted by atomic mass is 32.2. The smallest absolute Gasteiger partial charge is 0.255 e. The lowest BCUT2D eigenvalue weighted by Crippen LogP contribution is -2.23. The van der Waals surface area contributed by atoms with Gasteiger partial charge in [-0.3, -0.25) is 4.79 Å². The lowest BCUT2D eigenvalue weighted by Gasteiger charge is -2.08. The van der Waals surface area contributed by atoms with E-state index in [9.17, 15) is 13.2 Å². The number of anilines is 1. The molecule has 0 radical (unpaired) electrons. The van der Waals surface area contributed by atoms with Crippen LogP contribution in [0.15, 0.2) is 47.4 Å². The van der Waals surface area contributed by atoms with Gasteiger partial charge in [0, 0.05) is 23.9 Å². The third-order valence-corrected chi connectivity index (χ3v) is 4.95. The molecule has 7 nitrogen and oxygen atoms in total. The van der Waals surface area contributed by atoms with Crippen LogP contribution in [0.4, 0.5) is 5.69 Å². The van der Waals surface area contributed by atoms with Crippen molar-refractivity contribution in [2.45, 2.75) is 11.8 Å². The number of hydrogen-bond acceptors (Lipinski definition) is 5. The second-order valence-electron chi connectivity index (χ2n) is 5.05. The van der Waals surface area contributed by atoms with Crippen LogP contribution in [0.3, 0.4) is 0 Å². The molecule has 0 spiro atoms. The van der Waals surface area contributed by atoms with Crippen molar-refractivity contribution < 1.29 is 22.7 Å². The minimum absolute atomic E-state index is 0.115. The largest absolute Gasteiger partial charge is 0.454 e. The van der Waals surface area contributed by atoms with Crippen molar-refractivity contribution in [2.24, 2.45) is 0 Å². The molecule has 1 heterocycles. The third-order valence-electron chi connectivity index (χ3n) is 3.39. The first-order valence-corrected chi connectivity index (χ1v) is 8.78. The molecule has 2 aromatic rings. The van der Waals surface area contributed by atoms with Crippen molar-refractivity contribution in [3.05, 3.63) is 48.0 Å². The Morgan fingerprint density at radius 2 is 1.79 bits per heavy atom. The number of hydrogen-bond donors (Lipinski definition) is 2. The number of carbonyl (C=O) groups excluding carboxylic acids is 1. The molecule has 1 amide bonds. The van der Waals surface area contributed by atoms with E-state index in [1.54, 1.807) is 25.1 Å². The summed E-state index contributed by atoms with van der Waals surface area (Å²) in [6.07, 6.45) is 0. The van der Waals surface area contributed by atoms with Crippen molar-refractivity contribution >= 4 is 21.6 Å². The predicted octanol–water partition coefficient (Wildman–Crippen LogP) is 1.97. The van der Waals surface area contributed by atoms with Gasteiger partial charge < -0.3 is 14.8 Å². The van der Waals surface area contributed by atoms with Crippen LogP contribution in [0.1, 0.15) is 17.3 Å². The van der Waals surface area contributed by atoms with Crippen LogP contribution in [0.5, 0.6) is 11.5 Å². The van der Waals surface area contributed by atoms with Gasteiger partial charge >= 0.3 is 0 Å². The molecular weight excluding hydrogens is 332 g/mol. The Labute approximate surface area is 139 Å². The molecule has 1 aliphatic heterocycles. The molecule has 0 saturated carbocycles. The quantitative estimate of drug-likeness (QED) is 0.861. The summed E-state index contributed by atoms with van der Waals surface area (Å²) < 4.78 is 36.6. The fourth-order valence-corrected chi connectivity index (χ4v) is 3.28. The highest BCUT2D eigenvalue weighted by Crippen LogP contribution is 2.34. The van der Waals surface area contributed by atoms with Gasteiger partial charge in [-0.2, -0.15) is 0 Å². The first-order chi connectivity index (χ1) is 11.5. The SMILES string of the molecule is CCNS(=O)(=O)c1ccc(C(=O)Nc2ccc3c(c2)OCO3)cc1. The molecule has 1 aliphatic rings. The van der Waals surface area contributed by atoms with Crippen LogP contribution in [-0.4, -0.2) is 27.7 Å². The fourth-order valence-electron chi connectivity index (χ4n) is 2.24. The Balaban J connectivity index is 1.74. The highest BCUT2D eigenvalue weighted by Gasteiger charge is 2.16. The number of nitrogens with one attached hydrogen (secondary N) is 2. The number of ether oxygens (including phenoxy) is 2. The number of carbonyl (C=O) groups is 1. The molecule has 2 aromatic carbocycles. The van der Waals surface area contributed by atoms with E-state index in [4.69, 9.17) is 9.47 Å². The summed E-state index contributed by atoms with van der Waals surface area (Å²) in [5.41, 5.74) is 0.914. The van der Waals surface area contributed by atoms with E-state index in [1.165, 1.54) is 24.3 Å². The molecule has 0 aliphatic carbocycles. The Hall–Kier alpha value is -2.58. The molecule has 3 rings (SSSR count). The van der Waals surface area contributed by atoms with Crippen molar-refractivity contribution in [1.82, 2.24) is 4.72 Å². The predicted molar refractivity (Wildman–Crippen MR) is 87.8 cm³/mol. The molecule has 0 aromatic heterocycles. The van der Waals surface area contributed by atoms with E-state index < -0.39 is 10.0 Å². The van der Waals surface area contributed by atoms with Crippen molar-refractivity contribution in [3.63, 3.8) is 0 Å². The standard InChI is InChI=1S/C16H16N2O5S/c1-2-17-24(20,21)13-6-3-11(4-7-13)16(19)18-12-5-8-14-15(9-12)23-10-22-14/h3-9,17H,2,10H2,1H3,(H,18,19). The molecule has 0 unspecified atom stereocenters. The molecule has 126 valence electrons. The zero-order chi connectivity index (χ0) is 17.2. The van der Waals surface area contributed by atoms with Gasteiger partial charge in [0.2, 0.25) is 16.8 Å². The summed E-state index contributed by atoms with van der Waals surface area (Å²) in [7, 11) is -3.53. The van der Waals surface area contributed by atoms with Gasteiger partial charge in [-0.05, 0) is 36.4 Å². The van der Waals surface area contributed by atoms with Crippen LogP contribution in [0, 0.1) is 0 Å². The van der Waals surface area contributed by atoms with Crippen LogP contribution < -0.4 is 19.5 Å². The normalized spacial score (nSPS) is 12.9. The van der Waals surface area contributed by atoms with Gasteiger partial charge in [0.25, 0.3) is 5.91 Å². The van der Waals surface area contributed by atoms with E-state index in [0.29, 0.717) is 29.3 Å². The number of fused-ring (bicyclic) bond motifs is 1. The van der Waals surface area contributed by atoms with Crippen molar-refractivity contribution in [1.29, 1.82) is 0 Å². The first-order valence-electron chi connectivity index (χ1n) is 7.30. The molecule has 0 saturated heterocycles. The molecular formula is C16H16N2O5S. The molecule has 0 fully saturated rings. The number of amides is 1. The highest BCUT2D eigenvalue weighted by molar-refractivity contribution is 7.89. The third kappa shape index (κ3) is 3.34. The first kappa shape index (κ1) is 16.3. The lowest BCUT2D eigenvalue weighted by atomic mass is 10.2. The van der Waals surface area contributed by atoms with Gasteiger partial charge in [-0.25, -0.2) is 13.1 Å². The van der Waals surface area contributed by atoms with Gasteiger partial charge in [-0.15, -0.1) is 0 Å². The van der Waals surface area contributed by atoms with E-state index in [1.807, 2.05) is 0 Å². The second-order valence-corrected chi connectivity index (χ2v) is 6.81. The van der Waals surface area contributed by atoms with Gasteiger partial charge in [-0.1, -0.05) is 6.92 Å². The van der Waals surface area contributed by atoms with Gasteiger partial charge in [0.05, 0.1) is 4.90 Å². The lowest BCUT2D eigenvalue weighted by molar-refractivity contribution is 0.102. The average molecular weight is 348 g/mol. The van der Waals surface area contributed by atoms with Crippen LogP contribution >= 0.6 is 0 Å².